The van der Waals surface area contributed by atoms with Gasteiger partial charge in [0.15, 0.2) is 0 Å². The molecule has 26 heavy (non-hydrogen) atoms. The molecule has 1 heterocycles. The third-order valence-corrected chi connectivity index (χ3v) is 7.29. The SMILES string of the molecule is COc1ccc(S(=O)(=O)N[C@H]2C[C@@H]3CC[C@@H]2C3)cc1N1C(=O)CCC1=O. The van der Waals surface area contributed by atoms with Gasteiger partial charge in [0.25, 0.3) is 0 Å². The van der Waals surface area contributed by atoms with Crippen molar-refractivity contribution in [2.24, 2.45) is 11.8 Å². The molecule has 7 nitrogen and oxygen atoms in total. The molecular weight excluding hydrogens is 356 g/mol. The molecule has 1 saturated heterocycles. The molecule has 3 atom stereocenters. The minimum atomic E-state index is -3.73. The molecule has 2 aliphatic carbocycles. The number of imide groups is 1. The molecule has 1 aromatic rings. The fraction of sp³-hybridized carbons (Fsp3) is 0.556. The molecule has 3 aliphatic rings. The van der Waals surface area contributed by atoms with Crippen LogP contribution in [0.25, 0.3) is 0 Å². The summed E-state index contributed by atoms with van der Waals surface area (Å²) in [5.41, 5.74) is 0.191. The summed E-state index contributed by atoms with van der Waals surface area (Å²) in [6.07, 6.45) is 4.50. The van der Waals surface area contributed by atoms with E-state index in [1.54, 1.807) is 0 Å². The van der Waals surface area contributed by atoms with Crippen LogP contribution >= 0.6 is 0 Å². The molecule has 0 spiro atoms. The molecule has 140 valence electrons. The first-order chi connectivity index (χ1) is 12.4. The first-order valence-electron chi connectivity index (χ1n) is 8.95. The summed E-state index contributed by atoms with van der Waals surface area (Å²) in [6, 6.07) is 4.27. The van der Waals surface area contributed by atoms with Crippen LogP contribution in [0.2, 0.25) is 0 Å². The maximum Gasteiger partial charge on any atom is 0.240 e. The molecule has 0 radical (unpaired) electrons. The Balaban J connectivity index is 1.65. The number of sulfonamides is 1. The Bertz CT molecular complexity index is 850. The molecule has 2 bridgehead atoms. The van der Waals surface area contributed by atoms with Gasteiger partial charge in [-0.15, -0.1) is 0 Å². The van der Waals surface area contributed by atoms with Crippen molar-refractivity contribution in [3.05, 3.63) is 18.2 Å². The average molecular weight is 378 g/mol. The lowest BCUT2D eigenvalue weighted by atomic mass is 9.96. The zero-order valence-corrected chi connectivity index (χ0v) is 15.4. The standard InChI is InChI=1S/C18H22N2O5S/c1-25-16-5-4-13(10-15(16)20-17(21)6-7-18(20)22)26(23,24)19-14-9-11-2-3-12(14)8-11/h4-5,10-12,14,19H,2-3,6-9H2,1H3/t11-,12-,14+/m1/s1. The van der Waals surface area contributed by atoms with Crippen LogP contribution in [0.3, 0.4) is 0 Å². The molecule has 1 N–H and O–H groups in total. The van der Waals surface area contributed by atoms with Crippen LogP contribution in [0.1, 0.15) is 38.5 Å². The number of anilines is 1. The predicted octanol–water partition coefficient (Wildman–Crippen LogP) is 1.82. The van der Waals surface area contributed by atoms with E-state index in [0.29, 0.717) is 17.6 Å². The number of benzene rings is 1. The van der Waals surface area contributed by atoms with Gasteiger partial charge in [0.1, 0.15) is 5.75 Å². The summed E-state index contributed by atoms with van der Waals surface area (Å²) in [5, 5.41) is 0. The van der Waals surface area contributed by atoms with E-state index in [4.69, 9.17) is 4.74 Å². The predicted molar refractivity (Wildman–Crippen MR) is 94.3 cm³/mol. The van der Waals surface area contributed by atoms with Crippen molar-refractivity contribution in [1.82, 2.24) is 4.72 Å². The molecule has 2 amide bonds. The molecule has 1 aromatic carbocycles. The smallest absolute Gasteiger partial charge is 0.240 e. The summed E-state index contributed by atoms with van der Waals surface area (Å²) < 4.78 is 33.8. The van der Waals surface area contributed by atoms with Crippen molar-refractivity contribution in [2.75, 3.05) is 12.0 Å². The quantitative estimate of drug-likeness (QED) is 0.789. The molecule has 0 unspecified atom stereocenters. The number of hydrogen-bond acceptors (Lipinski definition) is 5. The number of hydrogen-bond donors (Lipinski definition) is 1. The van der Waals surface area contributed by atoms with Gasteiger partial charge < -0.3 is 4.74 Å². The largest absolute Gasteiger partial charge is 0.495 e. The molecule has 0 aromatic heterocycles. The zero-order valence-electron chi connectivity index (χ0n) is 14.6. The Labute approximate surface area is 152 Å². The average Bonchev–Trinajstić information content (AvgIpc) is 3.30. The van der Waals surface area contributed by atoms with Crippen molar-refractivity contribution in [2.45, 2.75) is 49.5 Å². The Morgan fingerprint density at radius 2 is 1.85 bits per heavy atom. The van der Waals surface area contributed by atoms with E-state index in [0.717, 1.165) is 24.2 Å². The molecule has 1 aliphatic heterocycles. The van der Waals surface area contributed by atoms with Crippen LogP contribution in [-0.2, 0) is 19.6 Å². The van der Waals surface area contributed by atoms with Crippen molar-refractivity contribution < 1.29 is 22.7 Å². The highest BCUT2D eigenvalue weighted by Gasteiger charge is 2.41. The van der Waals surface area contributed by atoms with Gasteiger partial charge in [-0.2, -0.15) is 0 Å². The number of ether oxygens (including phenoxy) is 1. The Kier molecular flexibility index (Phi) is 4.27. The van der Waals surface area contributed by atoms with Gasteiger partial charge in [-0.25, -0.2) is 18.0 Å². The Morgan fingerprint density at radius 3 is 2.42 bits per heavy atom. The fourth-order valence-corrected chi connectivity index (χ4v) is 5.85. The second kappa shape index (κ2) is 6.35. The van der Waals surface area contributed by atoms with Crippen LogP contribution in [0.4, 0.5) is 5.69 Å². The molecular formula is C18H22N2O5S. The van der Waals surface area contributed by atoms with Crippen LogP contribution in [-0.4, -0.2) is 33.4 Å². The number of methoxy groups -OCH3 is 1. The van der Waals surface area contributed by atoms with Crippen LogP contribution in [0, 0.1) is 11.8 Å². The Morgan fingerprint density at radius 1 is 1.12 bits per heavy atom. The van der Waals surface area contributed by atoms with Crippen LogP contribution < -0.4 is 14.4 Å². The number of nitrogens with zero attached hydrogens (tertiary/aromatic N) is 1. The van der Waals surface area contributed by atoms with Gasteiger partial charge in [-0.1, -0.05) is 6.42 Å². The van der Waals surface area contributed by atoms with E-state index in [2.05, 4.69) is 4.72 Å². The molecule has 2 saturated carbocycles. The van der Waals surface area contributed by atoms with Crippen molar-refractivity contribution in [3.8, 4) is 5.75 Å². The number of carbonyl (C=O) groups is 2. The highest BCUT2D eigenvalue weighted by atomic mass is 32.2. The number of nitrogens with one attached hydrogen (secondary N) is 1. The monoisotopic (exact) mass is 378 g/mol. The lowest BCUT2D eigenvalue weighted by Crippen LogP contribution is -2.38. The second-order valence-electron chi connectivity index (χ2n) is 7.36. The van der Waals surface area contributed by atoms with E-state index in [1.807, 2.05) is 0 Å². The van der Waals surface area contributed by atoms with Gasteiger partial charge in [0, 0.05) is 18.9 Å². The first kappa shape index (κ1) is 17.5. The zero-order chi connectivity index (χ0) is 18.5. The third kappa shape index (κ3) is 2.91. The molecule has 3 fully saturated rings. The van der Waals surface area contributed by atoms with E-state index >= 15 is 0 Å². The molecule has 8 heteroatoms. The van der Waals surface area contributed by atoms with Crippen molar-refractivity contribution in [3.63, 3.8) is 0 Å². The molecule has 4 rings (SSSR count). The highest BCUT2D eigenvalue weighted by Crippen LogP contribution is 2.45. The van der Waals surface area contributed by atoms with Gasteiger partial charge in [0.2, 0.25) is 21.8 Å². The van der Waals surface area contributed by atoms with Gasteiger partial charge in [-0.3, -0.25) is 9.59 Å². The van der Waals surface area contributed by atoms with E-state index in [9.17, 15) is 18.0 Å². The summed E-state index contributed by atoms with van der Waals surface area (Å²) in [5.74, 6) is 0.647. The maximum absolute atomic E-state index is 12.9. The maximum atomic E-state index is 12.9. The van der Waals surface area contributed by atoms with Crippen molar-refractivity contribution in [1.29, 1.82) is 0 Å². The summed E-state index contributed by atoms with van der Waals surface area (Å²) >= 11 is 0. The first-order valence-corrected chi connectivity index (χ1v) is 10.4. The van der Waals surface area contributed by atoms with E-state index < -0.39 is 10.0 Å². The number of fused-ring (bicyclic) bond motifs is 2. The van der Waals surface area contributed by atoms with Gasteiger partial charge in [0.05, 0.1) is 17.7 Å². The lowest BCUT2D eigenvalue weighted by Gasteiger charge is -2.23. The van der Waals surface area contributed by atoms with Gasteiger partial charge >= 0.3 is 0 Å². The lowest BCUT2D eigenvalue weighted by molar-refractivity contribution is -0.121. The van der Waals surface area contributed by atoms with Crippen LogP contribution in [0.5, 0.6) is 5.75 Å². The van der Waals surface area contributed by atoms with Gasteiger partial charge in [-0.05, 0) is 49.3 Å². The van der Waals surface area contributed by atoms with E-state index in [-0.39, 0.29) is 41.3 Å². The number of carbonyl (C=O) groups excluding carboxylic acids is 2. The third-order valence-electron chi connectivity index (χ3n) is 5.80. The highest BCUT2D eigenvalue weighted by molar-refractivity contribution is 7.89. The number of amides is 2. The number of rotatable bonds is 5. The fourth-order valence-electron chi connectivity index (χ4n) is 4.51. The summed E-state index contributed by atoms with van der Waals surface area (Å²) in [7, 11) is -2.31. The summed E-state index contributed by atoms with van der Waals surface area (Å²) in [6.45, 7) is 0. The normalized spacial score (nSPS) is 28.2. The second-order valence-corrected chi connectivity index (χ2v) is 9.07. The minimum absolute atomic E-state index is 0.0284. The van der Waals surface area contributed by atoms with E-state index in [1.165, 1.54) is 31.7 Å². The summed E-state index contributed by atoms with van der Waals surface area (Å²) in [4.78, 5) is 25.2. The Hall–Kier alpha value is -1.93. The van der Waals surface area contributed by atoms with Crippen molar-refractivity contribution >= 4 is 27.5 Å². The minimum Gasteiger partial charge on any atom is -0.495 e. The van der Waals surface area contributed by atoms with Crippen LogP contribution in [0.15, 0.2) is 23.1 Å². The topological polar surface area (TPSA) is 92.8 Å².